The predicted octanol–water partition coefficient (Wildman–Crippen LogP) is 6.73. The van der Waals surface area contributed by atoms with Crippen LogP contribution in [0, 0.1) is 0 Å². The van der Waals surface area contributed by atoms with Crippen molar-refractivity contribution in [1.82, 2.24) is 4.31 Å². The summed E-state index contributed by atoms with van der Waals surface area (Å²) in [7, 11) is -3.72. The molecule has 0 bridgehead atoms. The van der Waals surface area contributed by atoms with Gasteiger partial charge in [-0.05, 0) is 51.7 Å². The molecule has 1 aliphatic heterocycles. The van der Waals surface area contributed by atoms with E-state index < -0.39 is 16.2 Å². The molecule has 0 unspecified atom stereocenters. The molecule has 0 radical (unpaired) electrons. The van der Waals surface area contributed by atoms with Gasteiger partial charge in [-0.15, -0.1) is 0 Å². The summed E-state index contributed by atoms with van der Waals surface area (Å²) in [4.78, 5) is 0.289. The Labute approximate surface area is 217 Å². The van der Waals surface area contributed by atoms with Crippen LogP contribution in [0.25, 0.3) is 10.8 Å². The minimum Gasteiger partial charge on any atom is -0.489 e. The first-order chi connectivity index (χ1) is 18.1. The molecule has 0 amide bonds. The van der Waals surface area contributed by atoms with Gasteiger partial charge in [-0.2, -0.15) is 4.31 Å². The molecule has 1 aliphatic rings. The van der Waals surface area contributed by atoms with E-state index in [1.165, 1.54) is 15.1 Å². The van der Waals surface area contributed by atoms with E-state index in [1.807, 2.05) is 78.9 Å². The van der Waals surface area contributed by atoms with Crippen LogP contribution in [0.5, 0.6) is 5.75 Å². The lowest BCUT2D eigenvalue weighted by molar-refractivity contribution is 0.306. The van der Waals surface area contributed by atoms with Crippen molar-refractivity contribution in [2.75, 3.05) is 5.32 Å². The smallest absolute Gasteiger partial charge is 0.247 e. The van der Waals surface area contributed by atoms with Gasteiger partial charge in [0.15, 0.2) is 0 Å². The number of para-hydroxylation sites is 1. The number of sulfonamides is 1. The first kappa shape index (κ1) is 23.3. The fraction of sp³-hybridized carbons (Fsp3) is 0.0968. The Morgan fingerprint density at radius 1 is 0.730 bits per heavy atom. The zero-order valence-corrected chi connectivity index (χ0v) is 20.9. The molecule has 1 atom stereocenters. The van der Waals surface area contributed by atoms with Crippen LogP contribution in [0.1, 0.15) is 22.9 Å². The number of ether oxygens (including phenoxy) is 1. The summed E-state index contributed by atoms with van der Waals surface area (Å²) in [5, 5.41) is 5.80. The number of hydrogen-bond acceptors (Lipinski definition) is 4. The number of anilines is 1. The number of rotatable bonds is 6. The maximum Gasteiger partial charge on any atom is 0.247 e. The third kappa shape index (κ3) is 4.57. The van der Waals surface area contributed by atoms with Crippen molar-refractivity contribution in [1.29, 1.82) is 0 Å². The van der Waals surface area contributed by atoms with E-state index in [-0.39, 0.29) is 11.4 Å². The summed E-state index contributed by atoms with van der Waals surface area (Å²) in [6.07, 6.45) is -0.549. The van der Waals surface area contributed by atoms with Crippen LogP contribution in [0.2, 0.25) is 0 Å². The van der Waals surface area contributed by atoms with Crippen molar-refractivity contribution in [2.45, 2.75) is 24.2 Å². The molecule has 5 aromatic carbocycles. The summed E-state index contributed by atoms with van der Waals surface area (Å²) in [6.45, 7) is 0.707. The molecule has 6 rings (SSSR count). The highest BCUT2D eigenvalue weighted by Gasteiger charge is 2.38. The molecule has 184 valence electrons. The topological polar surface area (TPSA) is 58.6 Å². The van der Waals surface area contributed by atoms with Gasteiger partial charge in [-0.1, -0.05) is 97.1 Å². The molecule has 1 N–H and O–H groups in total. The monoisotopic (exact) mass is 506 g/mol. The highest BCUT2D eigenvalue weighted by Crippen LogP contribution is 2.39. The Morgan fingerprint density at radius 3 is 2.27 bits per heavy atom. The predicted molar refractivity (Wildman–Crippen MR) is 147 cm³/mol. The van der Waals surface area contributed by atoms with Crippen LogP contribution in [0.4, 0.5) is 5.69 Å². The van der Waals surface area contributed by atoms with E-state index >= 15 is 0 Å². The third-order valence-electron chi connectivity index (χ3n) is 6.71. The number of nitrogens with one attached hydrogen (secondary N) is 1. The van der Waals surface area contributed by atoms with Gasteiger partial charge in [0.2, 0.25) is 10.0 Å². The molecule has 0 saturated carbocycles. The molecule has 0 fully saturated rings. The minimum absolute atomic E-state index is 0.258. The first-order valence-corrected chi connectivity index (χ1v) is 13.6. The van der Waals surface area contributed by atoms with Crippen LogP contribution in [0.15, 0.2) is 126 Å². The largest absolute Gasteiger partial charge is 0.489 e. The molecule has 1 heterocycles. The van der Waals surface area contributed by atoms with E-state index in [0.29, 0.717) is 12.3 Å². The number of fused-ring (bicyclic) bond motifs is 2. The van der Waals surface area contributed by atoms with Crippen molar-refractivity contribution in [3.63, 3.8) is 0 Å². The minimum atomic E-state index is -3.72. The zero-order valence-electron chi connectivity index (χ0n) is 20.1. The van der Waals surface area contributed by atoms with Gasteiger partial charge in [0, 0.05) is 6.54 Å². The van der Waals surface area contributed by atoms with E-state index in [1.54, 1.807) is 18.2 Å². The molecule has 0 aliphatic carbocycles. The Bertz CT molecular complexity index is 1650. The maximum absolute atomic E-state index is 13.7. The van der Waals surface area contributed by atoms with E-state index in [4.69, 9.17) is 4.74 Å². The van der Waals surface area contributed by atoms with Crippen LogP contribution in [0.3, 0.4) is 0 Å². The molecular weight excluding hydrogens is 480 g/mol. The molecular formula is C31H26N2O3S. The van der Waals surface area contributed by atoms with Crippen LogP contribution in [-0.2, 0) is 23.2 Å². The number of benzene rings is 5. The SMILES string of the molecule is O=S1(=O)c2ccccc2N[C@H](c2ccc(OCc3cccc4ccccc34)cc2)N1Cc1ccccc1. The normalized spacial score (nSPS) is 16.6. The lowest BCUT2D eigenvalue weighted by atomic mass is 10.1. The molecule has 5 nitrogen and oxygen atoms in total. The summed E-state index contributed by atoms with van der Waals surface area (Å²) in [5.41, 5.74) is 3.49. The summed E-state index contributed by atoms with van der Waals surface area (Å²) < 4.78 is 35.0. The Morgan fingerprint density at radius 2 is 1.43 bits per heavy atom. The van der Waals surface area contributed by atoms with Crippen molar-refractivity contribution in [2.24, 2.45) is 0 Å². The van der Waals surface area contributed by atoms with Gasteiger partial charge in [0.1, 0.15) is 23.4 Å². The molecule has 0 aromatic heterocycles. The highest BCUT2D eigenvalue weighted by atomic mass is 32.2. The van der Waals surface area contributed by atoms with Gasteiger partial charge < -0.3 is 10.1 Å². The molecule has 6 heteroatoms. The third-order valence-corrected chi connectivity index (χ3v) is 8.57. The maximum atomic E-state index is 13.7. The van der Waals surface area contributed by atoms with Crippen LogP contribution in [-0.4, -0.2) is 12.7 Å². The Balaban J connectivity index is 1.28. The van der Waals surface area contributed by atoms with Gasteiger partial charge in [-0.3, -0.25) is 0 Å². The summed E-state index contributed by atoms with van der Waals surface area (Å²) in [5.74, 6) is 0.727. The van der Waals surface area contributed by atoms with E-state index in [9.17, 15) is 8.42 Å². The van der Waals surface area contributed by atoms with Crippen molar-refractivity contribution < 1.29 is 13.2 Å². The van der Waals surface area contributed by atoms with Gasteiger partial charge in [-0.25, -0.2) is 8.42 Å². The number of nitrogens with zero attached hydrogens (tertiary/aromatic N) is 1. The van der Waals surface area contributed by atoms with Crippen molar-refractivity contribution in [3.8, 4) is 5.75 Å². The molecule has 37 heavy (non-hydrogen) atoms. The summed E-state index contributed by atoms with van der Waals surface area (Å²) >= 11 is 0. The van der Waals surface area contributed by atoms with Crippen LogP contribution < -0.4 is 10.1 Å². The average molecular weight is 507 g/mol. The van der Waals surface area contributed by atoms with Crippen LogP contribution >= 0.6 is 0 Å². The summed E-state index contributed by atoms with van der Waals surface area (Å²) in [6, 6.07) is 38.8. The molecule has 0 spiro atoms. The van der Waals surface area contributed by atoms with E-state index in [2.05, 4.69) is 29.6 Å². The Hall–Kier alpha value is -4.13. The zero-order chi connectivity index (χ0) is 25.2. The van der Waals surface area contributed by atoms with E-state index in [0.717, 1.165) is 22.4 Å². The second-order valence-electron chi connectivity index (χ2n) is 9.07. The van der Waals surface area contributed by atoms with Gasteiger partial charge >= 0.3 is 0 Å². The second-order valence-corrected chi connectivity index (χ2v) is 10.9. The lowest BCUT2D eigenvalue weighted by Gasteiger charge is -2.37. The molecule has 5 aromatic rings. The van der Waals surface area contributed by atoms with Crippen molar-refractivity contribution in [3.05, 3.63) is 138 Å². The van der Waals surface area contributed by atoms with Gasteiger partial charge in [0.25, 0.3) is 0 Å². The first-order valence-electron chi connectivity index (χ1n) is 12.2. The Kier molecular flexibility index (Phi) is 6.12. The fourth-order valence-electron chi connectivity index (χ4n) is 4.81. The van der Waals surface area contributed by atoms with Gasteiger partial charge in [0.05, 0.1) is 5.69 Å². The average Bonchev–Trinajstić information content (AvgIpc) is 2.94. The lowest BCUT2D eigenvalue weighted by Crippen LogP contribution is -2.42. The second kappa shape index (κ2) is 9.73. The molecule has 0 saturated heterocycles. The fourth-order valence-corrected chi connectivity index (χ4v) is 6.49. The standard InChI is InChI=1S/C31H26N2O3S/c34-37(35)30-16-7-6-15-29(30)32-31(33(37)21-23-9-2-1-3-10-23)25-17-19-27(20-18-25)36-22-26-13-8-12-24-11-4-5-14-28(24)26/h1-20,31-32H,21-22H2/t31-/m0/s1. The number of hydrogen-bond donors (Lipinski definition) is 1. The quantitative estimate of drug-likeness (QED) is 0.277. The van der Waals surface area contributed by atoms with Crippen molar-refractivity contribution >= 4 is 26.5 Å². The highest BCUT2D eigenvalue weighted by molar-refractivity contribution is 7.89.